The molecule has 0 saturated carbocycles. The van der Waals surface area contributed by atoms with Crippen LogP contribution in [-0.2, 0) is 20.7 Å². The van der Waals surface area contributed by atoms with Crippen molar-refractivity contribution in [1.82, 2.24) is 4.98 Å². The Kier molecular flexibility index (Phi) is 7.19. The lowest BCUT2D eigenvalue weighted by atomic mass is 10.1. The highest BCUT2D eigenvalue weighted by molar-refractivity contribution is 7.16. The van der Waals surface area contributed by atoms with Crippen LogP contribution in [0, 0.1) is 13.8 Å². The molecule has 1 heterocycles. The van der Waals surface area contributed by atoms with E-state index in [4.69, 9.17) is 9.47 Å². The summed E-state index contributed by atoms with van der Waals surface area (Å²) >= 11 is 1.27. The van der Waals surface area contributed by atoms with E-state index < -0.39 is 0 Å². The first kappa shape index (κ1) is 21.5. The molecule has 6 nitrogen and oxygen atoms in total. The number of ether oxygens (including phenoxy) is 2. The summed E-state index contributed by atoms with van der Waals surface area (Å²) in [4.78, 5) is 29.7. The first-order valence-electron chi connectivity index (χ1n) is 9.67. The van der Waals surface area contributed by atoms with Crippen molar-refractivity contribution in [2.45, 2.75) is 27.2 Å². The number of para-hydroxylation sites is 1. The molecule has 1 amide bonds. The summed E-state index contributed by atoms with van der Waals surface area (Å²) in [6, 6.07) is 15.4. The normalized spacial score (nSPS) is 10.5. The van der Waals surface area contributed by atoms with Crippen molar-refractivity contribution in [1.29, 1.82) is 0 Å². The standard InChI is InChI=1S/C23H24N2O4S/c1-4-28-20(27)13-18-21(17-11-6-5-7-12-17)25-23(30-18)24-19(26)14-29-22-15(2)9-8-10-16(22)3/h5-12H,4,13-14H2,1-3H3,(H,24,25,26). The van der Waals surface area contributed by atoms with Crippen molar-refractivity contribution < 1.29 is 19.1 Å². The molecule has 0 atom stereocenters. The Labute approximate surface area is 179 Å². The number of thiazole rings is 1. The van der Waals surface area contributed by atoms with Gasteiger partial charge in [-0.1, -0.05) is 48.5 Å². The van der Waals surface area contributed by atoms with Crippen molar-refractivity contribution in [3.05, 3.63) is 64.5 Å². The predicted molar refractivity (Wildman–Crippen MR) is 118 cm³/mol. The molecular weight excluding hydrogens is 400 g/mol. The van der Waals surface area contributed by atoms with Crippen LogP contribution in [0.15, 0.2) is 48.5 Å². The second-order valence-electron chi connectivity index (χ2n) is 6.70. The van der Waals surface area contributed by atoms with Gasteiger partial charge in [0.2, 0.25) is 0 Å². The molecule has 0 radical (unpaired) electrons. The summed E-state index contributed by atoms with van der Waals surface area (Å²) in [5.41, 5.74) is 3.49. The smallest absolute Gasteiger partial charge is 0.311 e. The second-order valence-corrected chi connectivity index (χ2v) is 7.78. The Morgan fingerprint density at radius 3 is 2.40 bits per heavy atom. The van der Waals surface area contributed by atoms with Gasteiger partial charge in [0.25, 0.3) is 5.91 Å². The quantitative estimate of drug-likeness (QED) is 0.537. The predicted octanol–water partition coefficient (Wildman–Crippen LogP) is 4.55. The first-order valence-corrected chi connectivity index (χ1v) is 10.5. The van der Waals surface area contributed by atoms with Crippen LogP contribution in [0.4, 0.5) is 5.13 Å². The average Bonchev–Trinajstić information content (AvgIpc) is 3.10. The van der Waals surface area contributed by atoms with Crippen molar-refractivity contribution in [3.63, 3.8) is 0 Å². The number of nitrogens with zero attached hydrogens (tertiary/aromatic N) is 1. The summed E-state index contributed by atoms with van der Waals surface area (Å²) in [6.07, 6.45) is 0.102. The van der Waals surface area contributed by atoms with E-state index in [1.165, 1.54) is 11.3 Å². The molecule has 0 aliphatic rings. The highest BCUT2D eigenvalue weighted by atomic mass is 32.1. The van der Waals surface area contributed by atoms with Gasteiger partial charge >= 0.3 is 5.97 Å². The van der Waals surface area contributed by atoms with Gasteiger partial charge < -0.3 is 9.47 Å². The largest absolute Gasteiger partial charge is 0.483 e. The van der Waals surface area contributed by atoms with Crippen molar-refractivity contribution in [2.75, 3.05) is 18.5 Å². The topological polar surface area (TPSA) is 77.5 Å². The molecule has 0 aliphatic heterocycles. The Bertz CT molecular complexity index is 1010. The zero-order valence-corrected chi connectivity index (χ0v) is 18.0. The van der Waals surface area contributed by atoms with Crippen LogP contribution in [0.1, 0.15) is 22.9 Å². The zero-order chi connectivity index (χ0) is 21.5. The van der Waals surface area contributed by atoms with Gasteiger partial charge in [0.05, 0.1) is 18.7 Å². The maximum absolute atomic E-state index is 12.4. The molecule has 0 fully saturated rings. The fraction of sp³-hybridized carbons (Fsp3) is 0.261. The van der Waals surface area contributed by atoms with Gasteiger partial charge in [-0.25, -0.2) is 4.98 Å². The van der Waals surface area contributed by atoms with E-state index in [0.717, 1.165) is 21.6 Å². The summed E-state index contributed by atoms with van der Waals surface area (Å²) in [7, 11) is 0. The van der Waals surface area contributed by atoms with Gasteiger partial charge in [0, 0.05) is 10.4 Å². The molecule has 30 heavy (non-hydrogen) atoms. The lowest BCUT2D eigenvalue weighted by Gasteiger charge is -2.11. The molecule has 0 bridgehead atoms. The Balaban J connectivity index is 1.74. The zero-order valence-electron chi connectivity index (χ0n) is 17.2. The number of amides is 1. The number of anilines is 1. The highest BCUT2D eigenvalue weighted by Crippen LogP contribution is 2.32. The lowest BCUT2D eigenvalue weighted by molar-refractivity contribution is -0.142. The number of hydrogen-bond donors (Lipinski definition) is 1. The molecule has 0 aliphatic carbocycles. The second kappa shape index (κ2) is 10.0. The average molecular weight is 425 g/mol. The molecule has 0 unspecified atom stereocenters. The summed E-state index contributed by atoms with van der Waals surface area (Å²) in [5, 5.41) is 3.20. The van der Waals surface area contributed by atoms with Gasteiger partial charge in [-0.3, -0.25) is 14.9 Å². The molecule has 0 saturated heterocycles. The minimum absolute atomic E-state index is 0.102. The van der Waals surface area contributed by atoms with E-state index in [2.05, 4.69) is 10.3 Å². The van der Waals surface area contributed by atoms with Crippen LogP contribution >= 0.6 is 11.3 Å². The molecule has 3 aromatic rings. The molecule has 1 N–H and O–H groups in total. The maximum Gasteiger partial charge on any atom is 0.311 e. The van der Waals surface area contributed by atoms with E-state index in [0.29, 0.717) is 23.2 Å². The van der Waals surface area contributed by atoms with Gasteiger partial charge in [0.1, 0.15) is 5.75 Å². The fourth-order valence-corrected chi connectivity index (χ4v) is 3.99. The van der Waals surface area contributed by atoms with E-state index in [9.17, 15) is 9.59 Å². The van der Waals surface area contributed by atoms with Gasteiger partial charge in [-0.15, -0.1) is 11.3 Å². The van der Waals surface area contributed by atoms with Crippen LogP contribution in [0.5, 0.6) is 5.75 Å². The van der Waals surface area contributed by atoms with E-state index in [-0.39, 0.29) is 24.9 Å². The third-order valence-corrected chi connectivity index (χ3v) is 5.33. The van der Waals surface area contributed by atoms with E-state index in [1.54, 1.807) is 6.92 Å². The lowest BCUT2D eigenvalue weighted by Crippen LogP contribution is -2.20. The Morgan fingerprint density at radius 2 is 1.73 bits per heavy atom. The number of aryl methyl sites for hydroxylation is 2. The molecule has 7 heteroatoms. The highest BCUT2D eigenvalue weighted by Gasteiger charge is 2.18. The Morgan fingerprint density at radius 1 is 1.03 bits per heavy atom. The molecule has 3 rings (SSSR count). The number of benzene rings is 2. The summed E-state index contributed by atoms with van der Waals surface area (Å²) < 4.78 is 10.8. The van der Waals surface area contributed by atoms with Crippen LogP contribution in [-0.4, -0.2) is 30.1 Å². The Hall–Kier alpha value is -3.19. The third-order valence-electron chi connectivity index (χ3n) is 4.36. The molecule has 0 spiro atoms. The van der Waals surface area contributed by atoms with E-state index >= 15 is 0 Å². The van der Waals surface area contributed by atoms with E-state index in [1.807, 2.05) is 62.4 Å². The molecule has 156 valence electrons. The number of carbonyl (C=O) groups is 2. The van der Waals surface area contributed by atoms with Gasteiger partial charge in [-0.05, 0) is 31.9 Å². The number of hydrogen-bond acceptors (Lipinski definition) is 6. The minimum Gasteiger partial charge on any atom is -0.483 e. The van der Waals surface area contributed by atoms with Crippen molar-refractivity contribution in [3.8, 4) is 17.0 Å². The van der Waals surface area contributed by atoms with Crippen molar-refractivity contribution in [2.24, 2.45) is 0 Å². The van der Waals surface area contributed by atoms with Crippen LogP contribution in [0.3, 0.4) is 0 Å². The van der Waals surface area contributed by atoms with Gasteiger partial charge in [-0.2, -0.15) is 0 Å². The molecule has 2 aromatic carbocycles. The minimum atomic E-state index is -0.324. The maximum atomic E-state index is 12.4. The fourth-order valence-electron chi connectivity index (χ4n) is 3.01. The van der Waals surface area contributed by atoms with Gasteiger partial charge in [0.15, 0.2) is 11.7 Å². The number of nitrogens with one attached hydrogen (secondary N) is 1. The number of aromatic nitrogens is 1. The third kappa shape index (κ3) is 5.45. The van der Waals surface area contributed by atoms with Crippen LogP contribution in [0.25, 0.3) is 11.3 Å². The first-order chi connectivity index (χ1) is 14.5. The number of rotatable bonds is 8. The van der Waals surface area contributed by atoms with Crippen molar-refractivity contribution >= 4 is 28.3 Å². The van der Waals surface area contributed by atoms with Crippen LogP contribution in [0.2, 0.25) is 0 Å². The number of esters is 1. The van der Waals surface area contributed by atoms with Crippen LogP contribution < -0.4 is 10.1 Å². The molecule has 1 aromatic heterocycles. The summed E-state index contributed by atoms with van der Waals surface area (Å²) in [5.74, 6) is 0.0723. The number of carbonyl (C=O) groups excluding carboxylic acids is 2. The SMILES string of the molecule is CCOC(=O)Cc1sc(NC(=O)COc2c(C)cccc2C)nc1-c1ccccc1. The molecular formula is C23H24N2O4S. The monoisotopic (exact) mass is 424 g/mol. The summed E-state index contributed by atoms with van der Waals surface area (Å²) in [6.45, 7) is 5.84.